The molecule has 5 N–H and O–H groups in total. The van der Waals surface area contributed by atoms with Gasteiger partial charge in [0.05, 0.1) is 5.56 Å². The van der Waals surface area contributed by atoms with Crippen molar-refractivity contribution < 1.29 is 14.8 Å². The molecular weight excluding hydrogens is 466 g/mol. The molecule has 37 heavy (non-hydrogen) atoms. The molecule has 2 aromatic carbocycles. The highest BCUT2D eigenvalue weighted by molar-refractivity contribution is 5.94. The molecule has 0 bridgehead atoms. The Morgan fingerprint density at radius 2 is 2.00 bits per heavy atom. The van der Waals surface area contributed by atoms with Gasteiger partial charge in [-0.15, -0.1) is 0 Å². The van der Waals surface area contributed by atoms with Crippen molar-refractivity contribution in [2.45, 2.75) is 31.8 Å². The van der Waals surface area contributed by atoms with Crippen molar-refractivity contribution in [1.82, 2.24) is 25.7 Å². The molecule has 0 spiro atoms. The van der Waals surface area contributed by atoms with Crippen LogP contribution in [0.3, 0.4) is 0 Å². The molecule has 0 aliphatic heterocycles. The zero-order chi connectivity index (χ0) is 25.8. The van der Waals surface area contributed by atoms with Gasteiger partial charge in [0.1, 0.15) is 0 Å². The molecule has 0 saturated heterocycles. The topological polar surface area (TPSA) is 113 Å². The fourth-order valence-electron chi connectivity index (χ4n) is 5.28. The van der Waals surface area contributed by atoms with Crippen molar-refractivity contribution in [2.75, 3.05) is 13.6 Å². The molecule has 8 nitrogen and oxygen atoms in total. The summed E-state index contributed by atoms with van der Waals surface area (Å²) in [7, 11) is 1.64. The summed E-state index contributed by atoms with van der Waals surface area (Å²) in [5.41, 5.74) is 9.17. The maximum absolute atomic E-state index is 12.1. The summed E-state index contributed by atoms with van der Waals surface area (Å²) in [4.78, 5) is 32.6. The number of nitrogens with zero attached hydrogens (tertiary/aromatic N) is 1. The van der Waals surface area contributed by atoms with Gasteiger partial charge in [0.25, 0.3) is 11.8 Å². The first kappa shape index (κ1) is 24.5. The monoisotopic (exact) mass is 497 g/mol. The van der Waals surface area contributed by atoms with Crippen LogP contribution in [0.25, 0.3) is 17.0 Å². The van der Waals surface area contributed by atoms with Crippen LogP contribution in [0.1, 0.15) is 50.8 Å². The van der Waals surface area contributed by atoms with E-state index in [2.05, 4.69) is 56.7 Å². The third kappa shape index (κ3) is 5.35. The Labute approximate surface area is 215 Å². The molecule has 5 rings (SSSR count). The fourth-order valence-corrected chi connectivity index (χ4v) is 5.28. The number of para-hydroxylation sites is 1. The molecular formula is C29H31N5O3. The van der Waals surface area contributed by atoms with Crippen LogP contribution in [0.4, 0.5) is 0 Å². The predicted octanol–water partition coefficient (Wildman–Crippen LogP) is 4.11. The summed E-state index contributed by atoms with van der Waals surface area (Å²) in [6.45, 7) is 1.56. The number of aryl methyl sites for hydroxylation is 1. The Kier molecular flexibility index (Phi) is 7.20. The Balaban J connectivity index is 1.39. The van der Waals surface area contributed by atoms with E-state index in [1.807, 2.05) is 18.2 Å². The molecule has 2 aromatic heterocycles. The molecule has 190 valence electrons. The number of aromatic amines is 2. The number of carbonyl (C=O) groups excluding carboxylic acids is 2. The molecule has 0 radical (unpaired) electrons. The van der Waals surface area contributed by atoms with Gasteiger partial charge in [0.15, 0.2) is 0 Å². The second-order valence-electron chi connectivity index (χ2n) is 9.39. The van der Waals surface area contributed by atoms with E-state index >= 15 is 0 Å². The molecule has 8 heteroatoms. The molecule has 4 aromatic rings. The van der Waals surface area contributed by atoms with Gasteiger partial charge in [-0.1, -0.05) is 36.4 Å². The molecule has 2 heterocycles. The highest BCUT2D eigenvalue weighted by atomic mass is 16.5. The number of hydrogen-bond donors (Lipinski definition) is 5. The van der Waals surface area contributed by atoms with Gasteiger partial charge in [0, 0.05) is 61.2 Å². The summed E-state index contributed by atoms with van der Waals surface area (Å²) < 4.78 is 0. The van der Waals surface area contributed by atoms with E-state index in [1.165, 1.54) is 28.2 Å². The van der Waals surface area contributed by atoms with Gasteiger partial charge in [-0.2, -0.15) is 0 Å². The fraction of sp³-hybridized carbons (Fsp3) is 0.241. The molecule has 0 fully saturated rings. The van der Waals surface area contributed by atoms with E-state index in [-0.39, 0.29) is 11.9 Å². The number of rotatable bonds is 9. The van der Waals surface area contributed by atoms with E-state index in [4.69, 9.17) is 5.21 Å². The first-order valence-corrected chi connectivity index (χ1v) is 12.5. The summed E-state index contributed by atoms with van der Waals surface area (Å²) in [6.07, 6.45) is 9.73. The van der Waals surface area contributed by atoms with Gasteiger partial charge in [-0.3, -0.25) is 19.7 Å². The number of aromatic nitrogens is 2. The van der Waals surface area contributed by atoms with Crippen molar-refractivity contribution in [3.8, 4) is 0 Å². The predicted molar refractivity (Wildman–Crippen MR) is 143 cm³/mol. The lowest BCUT2D eigenvalue weighted by molar-refractivity contribution is -0.124. The summed E-state index contributed by atoms with van der Waals surface area (Å²) in [6, 6.07) is 16.8. The van der Waals surface area contributed by atoms with Crippen LogP contribution in [0.2, 0.25) is 0 Å². The largest absolute Gasteiger partial charge is 0.363 e. The number of nitrogens with one attached hydrogen (secondary N) is 4. The maximum atomic E-state index is 12.1. The van der Waals surface area contributed by atoms with Crippen molar-refractivity contribution in [1.29, 1.82) is 0 Å². The normalized spacial score (nSPS) is 14.9. The Bertz CT molecular complexity index is 1450. The Hall–Kier alpha value is -4.14. The average Bonchev–Trinajstić information content (AvgIpc) is 3.67. The molecule has 0 saturated carbocycles. The first-order chi connectivity index (χ1) is 18.1. The smallest absolute Gasteiger partial charge is 0.267 e. The standard InChI is InChI=1S/C29H31N5O3/c1-30-29(36)22-15-23(31-17-22)18-34(13-12-21-16-32-26-5-3-2-4-24(21)26)27-10-8-20-14-19(6-9-25(20)27)7-11-28(35)33-37/h2-7,9,11,14-17,27,31-32,37H,8,10,12-13,18H2,1H3,(H,30,36)(H,33,35). The lowest BCUT2D eigenvalue weighted by Crippen LogP contribution is -2.29. The highest BCUT2D eigenvalue weighted by Crippen LogP contribution is 2.37. The zero-order valence-electron chi connectivity index (χ0n) is 20.8. The number of carbonyl (C=O) groups is 2. The Morgan fingerprint density at radius 3 is 2.84 bits per heavy atom. The lowest BCUT2D eigenvalue weighted by Gasteiger charge is -2.29. The third-order valence-electron chi connectivity index (χ3n) is 7.14. The SMILES string of the molecule is CNC(=O)c1c[nH]c(CN(CCc2c[nH]c3ccccc23)C2CCc3cc(C=CC(=O)NO)ccc32)c1. The van der Waals surface area contributed by atoms with Gasteiger partial charge in [-0.25, -0.2) is 5.48 Å². The molecule has 1 aliphatic carbocycles. The van der Waals surface area contributed by atoms with Crippen LogP contribution in [-0.2, 0) is 24.2 Å². The van der Waals surface area contributed by atoms with Crippen molar-refractivity contribution in [3.05, 3.63) is 101 Å². The quantitative estimate of drug-likeness (QED) is 0.136. The maximum Gasteiger partial charge on any atom is 0.267 e. The minimum absolute atomic E-state index is 0.102. The number of benzene rings is 2. The van der Waals surface area contributed by atoms with Gasteiger partial charge in [-0.05, 0) is 59.7 Å². The summed E-state index contributed by atoms with van der Waals surface area (Å²) in [5, 5.41) is 12.7. The average molecular weight is 498 g/mol. The van der Waals surface area contributed by atoms with E-state index in [9.17, 15) is 9.59 Å². The van der Waals surface area contributed by atoms with Crippen LogP contribution < -0.4 is 10.8 Å². The minimum Gasteiger partial charge on any atom is -0.363 e. The van der Waals surface area contributed by atoms with E-state index in [1.54, 1.807) is 24.8 Å². The molecule has 1 unspecified atom stereocenters. The summed E-state index contributed by atoms with van der Waals surface area (Å²) in [5.74, 6) is -0.654. The van der Waals surface area contributed by atoms with Crippen LogP contribution >= 0.6 is 0 Å². The Morgan fingerprint density at radius 1 is 1.14 bits per heavy atom. The number of amides is 2. The van der Waals surface area contributed by atoms with Gasteiger partial charge < -0.3 is 15.3 Å². The number of fused-ring (bicyclic) bond motifs is 2. The lowest BCUT2D eigenvalue weighted by atomic mass is 10.0. The minimum atomic E-state index is -0.552. The number of H-pyrrole nitrogens is 2. The van der Waals surface area contributed by atoms with Gasteiger partial charge in [0.2, 0.25) is 0 Å². The van der Waals surface area contributed by atoms with Crippen molar-refractivity contribution in [3.63, 3.8) is 0 Å². The highest BCUT2D eigenvalue weighted by Gasteiger charge is 2.28. The zero-order valence-corrected chi connectivity index (χ0v) is 20.8. The third-order valence-corrected chi connectivity index (χ3v) is 7.14. The number of hydroxylamine groups is 1. The number of hydrogen-bond acceptors (Lipinski definition) is 4. The molecule has 1 aliphatic rings. The van der Waals surface area contributed by atoms with E-state index in [0.29, 0.717) is 12.1 Å². The van der Waals surface area contributed by atoms with Crippen molar-refractivity contribution >= 4 is 28.8 Å². The van der Waals surface area contributed by atoms with Crippen LogP contribution in [-0.4, -0.2) is 45.5 Å². The second-order valence-corrected chi connectivity index (χ2v) is 9.39. The van der Waals surface area contributed by atoms with Crippen molar-refractivity contribution in [2.24, 2.45) is 0 Å². The van der Waals surface area contributed by atoms with Gasteiger partial charge >= 0.3 is 0 Å². The van der Waals surface area contributed by atoms with E-state index < -0.39 is 5.91 Å². The first-order valence-electron chi connectivity index (χ1n) is 12.5. The summed E-state index contributed by atoms with van der Waals surface area (Å²) >= 11 is 0. The molecule has 1 atom stereocenters. The van der Waals surface area contributed by atoms with Crippen LogP contribution in [0, 0.1) is 0 Å². The van der Waals surface area contributed by atoms with E-state index in [0.717, 1.165) is 42.6 Å². The molecule has 2 amide bonds. The second kappa shape index (κ2) is 10.9. The van der Waals surface area contributed by atoms with Crippen LogP contribution in [0.15, 0.2) is 67.0 Å². The van der Waals surface area contributed by atoms with Crippen LogP contribution in [0.5, 0.6) is 0 Å².